The summed E-state index contributed by atoms with van der Waals surface area (Å²) in [5, 5.41) is 11.4. The predicted octanol–water partition coefficient (Wildman–Crippen LogP) is 4.08. The molecule has 1 fully saturated rings. The van der Waals surface area contributed by atoms with Crippen molar-refractivity contribution in [1.29, 1.82) is 0 Å². The Labute approximate surface area is 156 Å². The molecular weight excluding hydrogens is 352 g/mol. The van der Waals surface area contributed by atoms with E-state index in [-0.39, 0.29) is 5.91 Å². The fourth-order valence-electron chi connectivity index (χ4n) is 3.23. The quantitative estimate of drug-likeness (QED) is 0.715. The number of allylic oxidation sites excluding steroid dienone is 2. The van der Waals surface area contributed by atoms with Crippen LogP contribution in [0.1, 0.15) is 38.5 Å². The number of thioether (sulfide) groups is 1. The summed E-state index contributed by atoms with van der Waals surface area (Å²) in [7, 11) is 1.96. The van der Waals surface area contributed by atoms with Crippen molar-refractivity contribution in [3.05, 3.63) is 29.3 Å². The fraction of sp³-hybridized carbons (Fsp3) is 0.500. The lowest BCUT2D eigenvalue weighted by atomic mass is 10.0. The van der Waals surface area contributed by atoms with Crippen LogP contribution >= 0.6 is 23.1 Å². The van der Waals surface area contributed by atoms with Gasteiger partial charge in [-0.2, -0.15) is 0 Å². The highest BCUT2D eigenvalue weighted by molar-refractivity contribution is 7.99. The maximum Gasteiger partial charge on any atom is 0.237 e. The molecule has 25 heavy (non-hydrogen) atoms. The smallest absolute Gasteiger partial charge is 0.237 e. The molecule has 0 atom stereocenters. The molecule has 0 aliphatic heterocycles. The van der Waals surface area contributed by atoms with E-state index in [1.54, 1.807) is 11.3 Å². The summed E-state index contributed by atoms with van der Waals surface area (Å²) in [6, 6.07) is 4.48. The molecule has 132 valence electrons. The maximum atomic E-state index is 12.9. The van der Waals surface area contributed by atoms with Gasteiger partial charge in [-0.1, -0.05) is 23.9 Å². The van der Waals surface area contributed by atoms with Crippen molar-refractivity contribution in [3.8, 4) is 10.7 Å². The highest BCUT2D eigenvalue weighted by atomic mass is 32.2. The molecule has 2 aromatic rings. The first-order valence-electron chi connectivity index (χ1n) is 8.81. The Bertz CT molecular complexity index is 777. The van der Waals surface area contributed by atoms with Gasteiger partial charge in [0.05, 0.1) is 10.6 Å². The van der Waals surface area contributed by atoms with Crippen molar-refractivity contribution in [2.75, 3.05) is 5.75 Å². The minimum absolute atomic E-state index is 0.210. The molecule has 2 heterocycles. The number of rotatable bonds is 6. The molecule has 2 aliphatic carbocycles. The summed E-state index contributed by atoms with van der Waals surface area (Å²) in [6.07, 6.45) is 9.13. The molecule has 0 N–H and O–H groups in total. The third kappa shape index (κ3) is 3.67. The van der Waals surface area contributed by atoms with Crippen LogP contribution in [0.4, 0.5) is 0 Å². The Balaban J connectivity index is 1.44. The van der Waals surface area contributed by atoms with E-state index in [1.807, 2.05) is 29.1 Å². The minimum Gasteiger partial charge on any atom is -0.313 e. The Morgan fingerprint density at radius 3 is 2.96 bits per heavy atom. The van der Waals surface area contributed by atoms with Crippen LogP contribution in [0.15, 0.2) is 34.4 Å². The van der Waals surface area contributed by atoms with E-state index in [9.17, 15) is 4.79 Å². The zero-order valence-electron chi connectivity index (χ0n) is 14.4. The van der Waals surface area contributed by atoms with Crippen LogP contribution in [-0.4, -0.2) is 37.4 Å². The zero-order chi connectivity index (χ0) is 17.2. The molecule has 2 aromatic heterocycles. The molecule has 1 amide bonds. The lowest BCUT2D eigenvalue weighted by Gasteiger charge is -2.27. The Hall–Kier alpha value is -1.60. The van der Waals surface area contributed by atoms with Gasteiger partial charge in [0.1, 0.15) is 0 Å². The fourth-order valence-corrected chi connectivity index (χ4v) is 4.74. The summed E-state index contributed by atoms with van der Waals surface area (Å²) < 4.78 is 1.98. The highest BCUT2D eigenvalue weighted by Gasteiger charge is 2.35. The molecule has 0 unspecified atom stereocenters. The molecule has 7 heteroatoms. The van der Waals surface area contributed by atoms with E-state index in [4.69, 9.17) is 0 Å². The van der Waals surface area contributed by atoms with Crippen LogP contribution < -0.4 is 0 Å². The predicted molar refractivity (Wildman–Crippen MR) is 101 cm³/mol. The van der Waals surface area contributed by atoms with Crippen LogP contribution in [0.2, 0.25) is 0 Å². The van der Waals surface area contributed by atoms with Gasteiger partial charge < -0.3 is 9.47 Å². The molecule has 0 radical (unpaired) electrons. The second kappa shape index (κ2) is 7.33. The first kappa shape index (κ1) is 16.8. The molecule has 0 spiro atoms. The number of thiophene rings is 1. The summed E-state index contributed by atoms with van der Waals surface area (Å²) in [5.41, 5.74) is 1.25. The van der Waals surface area contributed by atoms with E-state index >= 15 is 0 Å². The van der Waals surface area contributed by atoms with E-state index in [1.165, 1.54) is 30.3 Å². The molecular formula is C18H22N4OS2. The van der Waals surface area contributed by atoms with Crippen LogP contribution in [-0.2, 0) is 11.8 Å². The second-order valence-electron chi connectivity index (χ2n) is 6.57. The van der Waals surface area contributed by atoms with Gasteiger partial charge in [-0.25, -0.2) is 0 Å². The Morgan fingerprint density at radius 2 is 2.28 bits per heavy atom. The first-order valence-corrected chi connectivity index (χ1v) is 10.7. The molecule has 0 bridgehead atoms. The topological polar surface area (TPSA) is 51.0 Å². The molecule has 2 aliphatic rings. The molecule has 5 nitrogen and oxygen atoms in total. The van der Waals surface area contributed by atoms with Gasteiger partial charge in [-0.15, -0.1) is 21.5 Å². The van der Waals surface area contributed by atoms with Crippen molar-refractivity contribution >= 4 is 29.0 Å². The Morgan fingerprint density at radius 1 is 1.40 bits per heavy atom. The van der Waals surface area contributed by atoms with Crippen molar-refractivity contribution in [2.24, 2.45) is 7.05 Å². The first-order chi connectivity index (χ1) is 12.2. The van der Waals surface area contributed by atoms with Crippen LogP contribution in [0, 0.1) is 0 Å². The van der Waals surface area contributed by atoms with E-state index in [2.05, 4.69) is 21.2 Å². The van der Waals surface area contributed by atoms with Crippen molar-refractivity contribution < 1.29 is 4.79 Å². The lowest BCUT2D eigenvalue weighted by Crippen LogP contribution is -2.34. The van der Waals surface area contributed by atoms with Crippen molar-refractivity contribution in [1.82, 2.24) is 19.7 Å². The van der Waals surface area contributed by atoms with E-state index < -0.39 is 0 Å². The maximum absolute atomic E-state index is 12.9. The summed E-state index contributed by atoms with van der Waals surface area (Å²) in [6.45, 7) is 0. The summed E-state index contributed by atoms with van der Waals surface area (Å²) in [4.78, 5) is 16.0. The molecule has 0 saturated heterocycles. The normalized spacial score (nSPS) is 17.4. The van der Waals surface area contributed by atoms with E-state index in [0.29, 0.717) is 11.8 Å². The van der Waals surface area contributed by atoms with Gasteiger partial charge in [-0.05, 0) is 50.0 Å². The van der Waals surface area contributed by atoms with Crippen molar-refractivity contribution in [2.45, 2.75) is 49.7 Å². The standard InChI is InChI=1S/C18H22N4OS2/c1-21-17(15-8-5-11-24-15)19-20-18(21)25-12-16(23)22(14-9-10-14)13-6-3-2-4-7-13/h5-6,8,11,14H,2-4,7,9-10,12H2,1H3. The zero-order valence-corrected chi connectivity index (χ0v) is 16.0. The second-order valence-corrected chi connectivity index (χ2v) is 8.46. The molecule has 0 aromatic carbocycles. The lowest BCUT2D eigenvalue weighted by molar-refractivity contribution is -0.127. The summed E-state index contributed by atoms with van der Waals surface area (Å²) >= 11 is 3.13. The van der Waals surface area contributed by atoms with Gasteiger partial charge >= 0.3 is 0 Å². The SMILES string of the molecule is Cn1c(SCC(=O)N(C2=CCCCC2)C2CC2)nnc1-c1cccs1. The number of hydrogen-bond acceptors (Lipinski definition) is 5. The number of carbonyl (C=O) groups excluding carboxylic acids is 1. The number of hydrogen-bond donors (Lipinski definition) is 0. The van der Waals surface area contributed by atoms with Gasteiger partial charge in [0, 0.05) is 18.8 Å². The molecule has 4 rings (SSSR count). The van der Waals surface area contributed by atoms with Crippen LogP contribution in [0.3, 0.4) is 0 Å². The van der Waals surface area contributed by atoms with E-state index in [0.717, 1.165) is 41.5 Å². The Kier molecular flexibility index (Phi) is 4.94. The van der Waals surface area contributed by atoms with Gasteiger partial charge in [0.15, 0.2) is 11.0 Å². The third-order valence-electron chi connectivity index (χ3n) is 4.66. The minimum atomic E-state index is 0.210. The highest BCUT2D eigenvalue weighted by Crippen LogP contribution is 2.35. The van der Waals surface area contributed by atoms with Gasteiger partial charge in [0.2, 0.25) is 5.91 Å². The average molecular weight is 375 g/mol. The van der Waals surface area contributed by atoms with Crippen LogP contribution in [0.25, 0.3) is 10.7 Å². The monoisotopic (exact) mass is 374 g/mol. The van der Waals surface area contributed by atoms with Gasteiger partial charge in [-0.3, -0.25) is 4.79 Å². The number of amides is 1. The van der Waals surface area contributed by atoms with Gasteiger partial charge in [0.25, 0.3) is 0 Å². The number of carbonyl (C=O) groups is 1. The average Bonchev–Trinajstić information content (AvgIpc) is 3.17. The molecule has 1 saturated carbocycles. The number of nitrogens with zero attached hydrogens (tertiary/aromatic N) is 4. The summed E-state index contributed by atoms with van der Waals surface area (Å²) in [5.74, 6) is 1.49. The van der Waals surface area contributed by atoms with Crippen molar-refractivity contribution in [3.63, 3.8) is 0 Å². The third-order valence-corrected chi connectivity index (χ3v) is 6.53. The number of aromatic nitrogens is 3. The van der Waals surface area contributed by atoms with Crippen LogP contribution in [0.5, 0.6) is 0 Å². The largest absolute Gasteiger partial charge is 0.313 e.